The summed E-state index contributed by atoms with van der Waals surface area (Å²) in [6, 6.07) is 5.96. The summed E-state index contributed by atoms with van der Waals surface area (Å²) < 4.78 is 0. The number of hydrogen-bond donors (Lipinski definition) is 2. The summed E-state index contributed by atoms with van der Waals surface area (Å²) in [7, 11) is 0. The van der Waals surface area contributed by atoms with Crippen molar-refractivity contribution in [1.29, 1.82) is 0 Å². The monoisotopic (exact) mass is 272 g/mol. The van der Waals surface area contributed by atoms with Crippen molar-refractivity contribution in [2.24, 2.45) is 17.3 Å². The number of aliphatic hydroxyl groups is 1. The first kappa shape index (κ1) is 12.7. The SMILES string of the molecule is C[C@]12CC[C@H]3c4ccc(O)cc4CC[C@H]3[C@H]1CC[C@@H]2O. The third-order valence-corrected chi connectivity index (χ3v) is 6.66. The second kappa shape index (κ2) is 4.24. The molecule has 0 aliphatic heterocycles. The number of phenolic OH excluding ortho intramolecular Hbond substituents is 1. The van der Waals surface area contributed by atoms with E-state index >= 15 is 0 Å². The summed E-state index contributed by atoms with van der Waals surface area (Å²) in [6.07, 6.45) is 6.78. The molecule has 4 rings (SSSR count). The zero-order valence-electron chi connectivity index (χ0n) is 12.2. The topological polar surface area (TPSA) is 40.5 Å². The molecular formula is C18H24O2. The van der Waals surface area contributed by atoms with Gasteiger partial charge in [0, 0.05) is 0 Å². The molecular weight excluding hydrogens is 248 g/mol. The number of fused-ring (bicyclic) bond motifs is 5. The standard InChI is InChI=1S/C18H24O2/c1-18-9-8-14-13-5-3-12(19)10-11(13)2-4-15(14)16(18)6-7-17(18)20/h3,5,10,14-17,19-20H,2,4,6-9H2,1H3/t14-,15+,16+,17-,18-/m0/s1. The highest BCUT2D eigenvalue weighted by molar-refractivity contribution is 5.40. The molecule has 5 atom stereocenters. The van der Waals surface area contributed by atoms with E-state index in [-0.39, 0.29) is 11.5 Å². The molecule has 108 valence electrons. The Hall–Kier alpha value is -1.02. The van der Waals surface area contributed by atoms with Gasteiger partial charge in [-0.25, -0.2) is 0 Å². The van der Waals surface area contributed by atoms with Crippen molar-refractivity contribution >= 4 is 0 Å². The Bertz CT molecular complexity index is 538. The molecule has 0 unspecified atom stereocenters. The van der Waals surface area contributed by atoms with Crippen LogP contribution >= 0.6 is 0 Å². The molecule has 0 saturated heterocycles. The molecule has 3 aliphatic carbocycles. The van der Waals surface area contributed by atoms with E-state index in [1.54, 1.807) is 0 Å². The van der Waals surface area contributed by atoms with Gasteiger partial charge >= 0.3 is 0 Å². The first-order valence-corrected chi connectivity index (χ1v) is 8.09. The Morgan fingerprint density at radius 1 is 1.15 bits per heavy atom. The summed E-state index contributed by atoms with van der Waals surface area (Å²) in [6.45, 7) is 2.32. The van der Waals surface area contributed by atoms with Crippen LogP contribution < -0.4 is 0 Å². The Morgan fingerprint density at radius 2 is 2.00 bits per heavy atom. The van der Waals surface area contributed by atoms with Gasteiger partial charge in [-0.15, -0.1) is 0 Å². The Morgan fingerprint density at radius 3 is 2.85 bits per heavy atom. The van der Waals surface area contributed by atoms with Crippen LogP contribution in [-0.2, 0) is 6.42 Å². The summed E-state index contributed by atoms with van der Waals surface area (Å²) >= 11 is 0. The summed E-state index contributed by atoms with van der Waals surface area (Å²) in [5.41, 5.74) is 2.99. The third-order valence-electron chi connectivity index (χ3n) is 6.66. The van der Waals surface area contributed by atoms with Crippen LogP contribution in [-0.4, -0.2) is 16.3 Å². The number of phenols is 1. The van der Waals surface area contributed by atoms with E-state index < -0.39 is 0 Å². The van der Waals surface area contributed by atoms with E-state index in [2.05, 4.69) is 13.0 Å². The van der Waals surface area contributed by atoms with Crippen molar-refractivity contribution in [3.63, 3.8) is 0 Å². The fraction of sp³-hybridized carbons (Fsp3) is 0.667. The fourth-order valence-electron chi connectivity index (χ4n) is 5.54. The van der Waals surface area contributed by atoms with Crippen molar-refractivity contribution in [3.05, 3.63) is 29.3 Å². The number of aryl methyl sites for hydroxylation is 1. The van der Waals surface area contributed by atoms with Gasteiger partial charge in [0.05, 0.1) is 6.10 Å². The quantitative estimate of drug-likeness (QED) is 0.757. The lowest BCUT2D eigenvalue weighted by Crippen LogP contribution is -2.43. The van der Waals surface area contributed by atoms with Crippen molar-refractivity contribution in [2.45, 2.75) is 57.5 Å². The minimum absolute atomic E-state index is 0.0883. The van der Waals surface area contributed by atoms with Gasteiger partial charge in [-0.2, -0.15) is 0 Å². The second-order valence-corrected chi connectivity index (χ2v) is 7.44. The molecule has 2 heteroatoms. The molecule has 0 bridgehead atoms. The molecule has 0 aromatic heterocycles. The maximum Gasteiger partial charge on any atom is 0.115 e. The number of aromatic hydroxyl groups is 1. The first-order valence-electron chi connectivity index (χ1n) is 8.09. The van der Waals surface area contributed by atoms with Gasteiger partial charge in [-0.05, 0) is 85.0 Å². The van der Waals surface area contributed by atoms with Crippen molar-refractivity contribution < 1.29 is 10.2 Å². The van der Waals surface area contributed by atoms with Gasteiger partial charge in [0.1, 0.15) is 5.75 Å². The first-order chi connectivity index (χ1) is 9.59. The lowest BCUT2D eigenvalue weighted by molar-refractivity contribution is -0.0226. The molecule has 0 radical (unpaired) electrons. The van der Waals surface area contributed by atoms with E-state index in [4.69, 9.17) is 0 Å². The van der Waals surface area contributed by atoms with Gasteiger partial charge in [-0.3, -0.25) is 0 Å². The lowest BCUT2D eigenvalue weighted by atomic mass is 9.55. The second-order valence-electron chi connectivity index (χ2n) is 7.44. The summed E-state index contributed by atoms with van der Waals surface area (Å²) in [5, 5.41) is 20.0. The van der Waals surface area contributed by atoms with Crippen LogP contribution in [0, 0.1) is 17.3 Å². The predicted molar refractivity (Wildman–Crippen MR) is 78.7 cm³/mol. The predicted octanol–water partition coefficient (Wildman–Crippen LogP) is 3.61. The van der Waals surface area contributed by atoms with E-state index in [9.17, 15) is 10.2 Å². The molecule has 1 aromatic rings. The zero-order chi connectivity index (χ0) is 13.9. The van der Waals surface area contributed by atoms with Crippen molar-refractivity contribution in [1.82, 2.24) is 0 Å². The van der Waals surface area contributed by atoms with E-state index in [1.807, 2.05) is 12.1 Å². The highest BCUT2D eigenvalue weighted by Crippen LogP contribution is 2.60. The number of rotatable bonds is 0. The molecule has 0 spiro atoms. The Kier molecular flexibility index (Phi) is 2.69. The highest BCUT2D eigenvalue weighted by atomic mass is 16.3. The largest absolute Gasteiger partial charge is 0.508 e. The minimum Gasteiger partial charge on any atom is -0.508 e. The maximum absolute atomic E-state index is 10.4. The summed E-state index contributed by atoms with van der Waals surface area (Å²) in [4.78, 5) is 0. The minimum atomic E-state index is -0.0883. The number of aliphatic hydroxyl groups excluding tert-OH is 1. The Labute approximate surface area is 120 Å². The molecule has 3 aliphatic rings. The zero-order valence-corrected chi connectivity index (χ0v) is 12.2. The van der Waals surface area contributed by atoms with Crippen LogP contribution in [0.15, 0.2) is 18.2 Å². The van der Waals surface area contributed by atoms with Gasteiger partial charge in [0.15, 0.2) is 0 Å². The third kappa shape index (κ3) is 1.60. The molecule has 2 N–H and O–H groups in total. The molecule has 0 amide bonds. The van der Waals surface area contributed by atoms with Gasteiger partial charge in [-0.1, -0.05) is 13.0 Å². The van der Waals surface area contributed by atoms with Crippen LogP contribution in [0.4, 0.5) is 0 Å². The van der Waals surface area contributed by atoms with Crippen LogP contribution in [0.25, 0.3) is 0 Å². The fourth-order valence-corrected chi connectivity index (χ4v) is 5.54. The average Bonchev–Trinajstić information content (AvgIpc) is 2.74. The van der Waals surface area contributed by atoms with Crippen LogP contribution in [0.5, 0.6) is 5.75 Å². The maximum atomic E-state index is 10.4. The molecule has 1 aromatic carbocycles. The lowest BCUT2D eigenvalue weighted by Gasteiger charge is -2.50. The van der Waals surface area contributed by atoms with E-state index in [0.29, 0.717) is 17.6 Å². The van der Waals surface area contributed by atoms with Crippen LogP contribution in [0.2, 0.25) is 0 Å². The molecule has 0 heterocycles. The van der Waals surface area contributed by atoms with Gasteiger partial charge in [0.2, 0.25) is 0 Å². The molecule has 2 nitrogen and oxygen atoms in total. The van der Waals surface area contributed by atoms with Crippen molar-refractivity contribution in [2.75, 3.05) is 0 Å². The molecule has 2 saturated carbocycles. The smallest absolute Gasteiger partial charge is 0.115 e. The number of hydrogen-bond acceptors (Lipinski definition) is 2. The molecule has 20 heavy (non-hydrogen) atoms. The van der Waals surface area contributed by atoms with Crippen LogP contribution in [0.1, 0.15) is 56.1 Å². The van der Waals surface area contributed by atoms with E-state index in [1.165, 1.54) is 30.4 Å². The van der Waals surface area contributed by atoms with Gasteiger partial charge < -0.3 is 10.2 Å². The highest BCUT2D eigenvalue weighted by Gasteiger charge is 2.54. The van der Waals surface area contributed by atoms with E-state index in [0.717, 1.165) is 25.2 Å². The molecule has 2 fully saturated rings. The normalized spacial score (nSPS) is 42.7. The van der Waals surface area contributed by atoms with Gasteiger partial charge in [0.25, 0.3) is 0 Å². The Balaban J connectivity index is 1.71. The average molecular weight is 272 g/mol. The number of benzene rings is 1. The van der Waals surface area contributed by atoms with Crippen molar-refractivity contribution in [3.8, 4) is 5.75 Å². The summed E-state index contributed by atoms with van der Waals surface area (Å²) in [5.74, 6) is 2.49. The van der Waals surface area contributed by atoms with Crippen LogP contribution in [0.3, 0.4) is 0 Å².